The van der Waals surface area contributed by atoms with E-state index in [4.69, 9.17) is 0 Å². The Balaban J connectivity index is 2.88. The van der Waals surface area contributed by atoms with Crippen LogP contribution in [0.4, 0.5) is 5.82 Å². The van der Waals surface area contributed by atoms with Crippen LogP contribution >= 0.6 is 11.3 Å². The Bertz CT molecular complexity index is 433. The fraction of sp³-hybridized carbons (Fsp3) is 0.125. The molecule has 12 heavy (non-hydrogen) atoms. The van der Waals surface area contributed by atoms with E-state index in [9.17, 15) is 0 Å². The zero-order valence-electron chi connectivity index (χ0n) is 6.61. The van der Waals surface area contributed by atoms with Crippen LogP contribution in [0.15, 0.2) is 16.4 Å². The molecule has 3 nitrogen and oxygen atoms in total. The second-order valence-corrected chi connectivity index (χ2v) is 3.30. The van der Waals surface area contributed by atoms with Crippen molar-refractivity contribution in [2.75, 3.05) is 0 Å². The first kappa shape index (κ1) is 7.36. The van der Waals surface area contributed by atoms with Crippen molar-refractivity contribution in [1.29, 1.82) is 0 Å². The third kappa shape index (κ3) is 1.00. The minimum atomic E-state index is 0.688. The third-order valence-electron chi connectivity index (χ3n) is 1.55. The molecule has 0 spiro atoms. The molecule has 60 valence electrons. The number of thiophene rings is 1. The van der Waals surface area contributed by atoms with E-state index in [0.717, 1.165) is 16.0 Å². The molecule has 0 bridgehead atoms. The molecule has 0 saturated carbocycles. The average molecular weight is 177 g/mol. The normalized spacial score (nSPS) is 10.4. The molecule has 0 atom stereocenters. The van der Waals surface area contributed by atoms with Crippen molar-refractivity contribution in [1.82, 2.24) is 9.97 Å². The molecule has 2 heterocycles. The first-order valence-electron chi connectivity index (χ1n) is 3.50. The van der Waals surface area contributed by atoms with Crippen LogP contribution < -0.4 is 0 Å². The Hall–Kier alpha value is -1.29. The molecule has 0 aliphatic rings. The summed E-state index contributed by atoms with van der Waals surface area (Å²) < 4.78 is 1.01. The van der Waals surface area contributed by atoms with Gasteiger partial charge in [0.25, 0.3) is 0 Å². The molecule has 2 aromatic heterocycles. The Kier molecular flexibility index (Phi) is 1.62. The molecule has 0 unspecified atom stereocenters. The van der Waals surface area contributed by atoms with Crippen LogP contribution in [0.5, 0.6) is 0 Å². The van der Waals surface area contributed by atoms with E-state index in [-0.39, 0.29) is 0 Å². The van der Waals surface area contributed by atoms with Crippen LogP contribution in [0.25, 0.3) is 10.2 Å². The van der Waals surface area contributed by atoms with Crippen LogP contribution in [-0.4, -0.2) is 16.7 Å². The maximum absolute atomic E-state index is 4.26. The third-order valence-corrected chi connectivity index (χ3v) is 2.45. The summed E-state index contributed by atoms with van der Waals surface area (Å²) in [4.78, 5) is 12.3. The first-order valence-corrected chi connectivity index (χ1v) is 4.38. The second kappa shape index (κ2) is 2.64. The van der Waals surface area contributed by atoms with E-state index in [0.29, 0.717) is 5.82 Å². The van der Waals surface area contributed by atoms with Gasteiger partial charge in [0.15, 0.2) is 5.82 Å². The number of rotatable bonds is 1. The summed E-state index contributed by atoms with van der Waals surface area (Å²) in [5.41, 5.74) is 0.954. The maximum Gasteiger partial charge on any atom is 0.172 e. The summed E-state index contributed by atoms with van der Waals surface area (Å²) in [6.07, 6.45) is 0. The van der Waals surface area contributed by atoms with Gasteiger partial charge in [0.2, 0.25) is 0 Å². The van der Waals surface area contributed by atoms with Gasteiger partial charge in [-0.05, 0) is 25.1 Å². The lowest BCUT2D eigenvalue weighted by Gasteiger charge is -1.95. The molecule has 0 aliphatic heterocycles. The van der Waals surface area contributed by atoms with Crippen molar-refractivity contribution in [2.24, 2.45) is 4.99 Å². The SMILES string of the molecule is C=Nc1nc(C)nc2ccsc12. The van der Waals surface area contributed by atoms with Crippen molar-refractivity contribution in [3.8, 4) is 0 Å². The van der Waals surface area contributed by atoms with Crippen LogP contribution in [0.1, 0.15) is 5.82 Å². The topological polar surface area (TPSA) is 38.1 Å². The van der Waals surface area contributed by atoms with Gasteiger partial charge in [-0.15, -0.1) is 11.3 Å². The summed E-state index contributed by atoms with van der Waals surface area (Å²) in [6, 6.07) is 1.96. The lowest BCUT2D eigenvalue weighted by molar-refractivity contribution is 1.09. The van der Waals surface area contributed by atoms with E-state index < -0.39 is 0 Å². The molecule has 2 rings (SSSR count). The van der Waals surface area contributed by atoms with Gasteiger partial charge in [-0.1, -0.05) is 0 Å². The summed E-state index contributed by atoms with van der Waals surface area (Å²) >= 11 is 1.59. The smallest absolute Gasteiger partial charge is 0.172 e. The van der Waals surface area contributed by atoms with E-state index in [1.54, 1.807) is 11.3 Å². The Morgan fingerprint density at radius 3 is 3.08 bits per heavy atom. The quantitative estimate of drug-likeness (QED) is 0.627. The predicted octanol–water partition coefficient (Wildman–Crippen LogP) is 2.33. The van der Waals surface area contributed by atoms with Gasteiger partial charge in [0.1, 0.15) is 5.82 Å². The van der Waals surface area contributed by atoms with Gasteiger partial charge >= 0.3 is 0 Å². The molecular weight excluding hydrogens is 170 g/mol. The molecule has 0 radical (unpaired) electrons. The molecule has 0 saturated heterocycles. The van der Waals surface area contributed by atoms with Crippen LogP contribution in [0.2, 0.25) is 0 Å². The van der Waals surface area contributed by atoms with Gasteiger partial charge in [-0.2, -0.15) is 0 Å². The monoisotopic (exact) mass is 177 g/mol. The summed E-state index contributed by atoms with van der Waals surface area (Å²) in [5, 5.41) is 1.98. The number of hydrogen-bond donors (Lipinski definition) is 0. The predicted molar refractivity (Wildman–Crippen MR) is 51.4 cm³/mol. The number of hydrogen-bond acceptors (Lipinski definition) is 4. The number of nitrogens with zero attached hydrogens (tertiary/aromatic N) is 3. The highest BCUT2D eigenvalue weighted by Gasteiger charge is 2.03. The lowest BCUT2D eigenvalue weighted by atomic mass is 10.4. The van der Waals surface area contributed by atoms with Gasteiger partial charge in [0, 0.05) is 0 Å². The summed E-state index contributed by atoms with van der Waals surface area (Å²) in [6.45, 7) is 5.32. The highest BCUT2D eigenvalue weighted by atomic mass is 32.1. The Labute approximate surface area is 73.8 Å². The maximum atomic E-state index is 4.26. The number of aliphatic imine (C=N–C) groups is 1. The fourth-order valence-corrected chi connectivity index (χ4v) is 1.85. The molecule has 0 aliphatic carbocycles. The number of fused-ring (bicyclic) bond motifs is 1. The Morgan fingerprint density at radius 1 is 1.50 bits per heavy atom. The van der Waals surface area contributed by atoms with Crippen LogP contribution in [-0.2, 0) is 0 Å². The van der Waals surface area contributed by atoms with E-state index in [1.165, 1.54) is 0 Å². The molecule has 2 aromatic rings. The molecule has 0 amide bonds. The van der Waals surface area contributed by atoms with Crippen molar-refractivity contribution in [2.45, 2.75) is 6.92 Å². The van der Waals surface area contributed by atoms with Crippen molar-refractivity contribution < 1.29 is 0 Å². The number of aromatic nitrogens is 2. The molecule has 4 heteroatoms. The van der Waals surface area contributed by atoms with E-state index >= 15 is 0 Å². The van der Waals surface area contributed by atoms with Gasteiger partial charge < -0.3 is 0 Å². The number of aryl methyl sites for hydroxylation is 1. The van der Waals surface area contributed by atoms with Crippen LogP contribution in [0, 0.1) is 6.92 Å². The second-order valence-electron chi connectivity index (χ2n) is 2.39. The molecule has 0 fully saturated rings. The highest BCUT2D eigenvalue weighted by Crippen LogP contribution is 2.27. The Morgan fingerprint density at radius 2 is 2.33 bits per heavy atom. The van der Waals surface area contributed by atoms with Gasteiger partial charge in [-0.3, -0.25) is 0 Å². The fourth-order valence-electron chi connectivity index (χ4n) is 1.07. The van der Waals surface area contributed by atoms with Crippen molar-refractivity contribution >= 4 is 34.1 Å². The van der Waals surface area contributed by atoms with E-state index in [1.807, 2.05) is 18.4 Å². The van der Waals surface area contributed by atoms with Gasteiger partial charge in [0.05, 0.1) is 10.2 Å². The summed E-state index contributed by atoms with van der Waals surface area (Å²) in [7, 11) is 0. The molecule has 0 aromatic carbocycles. The lowest BCUT2D eigenvalue weighted by Crippen LogP contribution is -1.85. The first-order chi connectivity index (χ1) is 5.81. The van der Waals surface area contributed by atoms with Crippen molar-refractivity contribution in [3.05, 3.63) is 17.3 Å². The molecular formula is C8H7N3S. The van der Waals surface area contributed by atoms with Gasteiger partial charge in [-0.25, -0.2) is 15.0 Å². The van der Waals surface area contributed by atoms with Crippen LogP contribution in [0.3, 0.4) is 0 Å². The minimum absolute atomic E-state index is 0.688. The highest BCUT2D eigenvalue weighted by molar-refractivity contribution is 7.17. The average Bonchev–Trinajstić information content (AvgIpc) is 2.50. The zero-order chi connectivity index (χ0) is 8.55. The minimum Gasteiger partial charge on any atom is -0.244 e. The standard InChI is InChI=1S/C8H7N3S/c1-5-10-6-3-4-12-7(6)8(9-2)11-5/h3-4H,2H2,1H3. The van der Waals surface area contributed by atoms with Crippen molar-refractivity contribution in [3.63, 3.8) is 0 Å². The molecule has 0 N–H and O–H groups in total. The summed E-state index contributed by atoms with van der Waals surface area (Å²) in [5.74, 6) is 1.43. The largest absolute Gasteiger partial charge is 0.244 e. The zero-order valence-corrected chi connectivity index (χ0v) is 7.43. The van der Waals surface area contributed by atoms with E-state index in [2.05, 4.69) is 21.7 Å².